The average molecular weight is 367 g/mol. The molecule has 0 spiro atoms. The molecule has 2 amide bonds. The van der Waals surface area contributed by atoms with Gasteiger partial charge < -0.3 is 16.0 Å². The van der Waals surface area contributed by atoms with E-state index in [1.807, 2.05) is 30.3 Å². The number of benzene rings is 1. The van der Waals surface area contributed by atoms with E-state index in [-0.39, 0.29) is 36.4 Å². The summed E-state index contributed by atoms with van der Waals surface area (Å²) in [5.74, 6) is -1.14. The Morgan fingerprint density at radius 2 is 1.68 bits per heavy atom. The van der Waals surface area contributed by atoms with Crippen molar-refractivity contribution in [3.05, 3.63) is 35.9 Å². The molecule has 7 nitrogen and oxygen atoms in total. The zero-order chi connectivity index (χ0) is 18.6. The highest BCUT2D eigenvalue weighted by molar-refractivity contribution is 7.91. The van der Waals surface area contributed by atoms with Gasteiger partial charge in [0.05, 0.1) is 17.4 Å². The molecule has 3 unspecified atom stereocenters. The van der Waals surface area contributed by atoms with Crippen LogP contribution in [0.25, 0.3) is 0 Å². The predicted octanol–water partition coefficient (Wildman–Crippen LogP) is 0.0842. The van der Waals surface area contributed by atoms with Crippen LogP contribution in [0.2, 0.25) is 0 Å². The van der Waals surface area contributed by atoms with Crippen LogP contribution in [-0.2, 0) is 19.4 Å². The summed E-state index contributed by atoms with van der Waals surface area (Å²) < 4.78 is 22.9. The van der Waals surface area contributed by atoms with Crippen LogP contribution < -0.4 is 11.1 Å². The number of nitrogens with two attached hydrogens (primary N) is 1. The molecule has 138 valence electrons. The van der Waals surface area contributed by atoms with Crippen molar-refractivity contribution < 1.29 is 18.0 Å². The lowest BCUT2D eigenvalue weighted by atomic mass is 9.94. The van der Waals surface area contributed by atoms with Crippen molar-refractivity contribution in [2.75, 3.05) is 24.6 Å². The van der Waals surface area contributed by atoms with Gasteiger partial charge in [0, 0.05) is 19.1 Å². The highest BCUT2D eigenvalue weighted by Crippen LogP contribution is 2.19. The van der Waals surface area contributed by atoms with E-state index in [4.69, 9.17) is 5.73 Å². The summed E-state index contributed by atoms with van der Waals surface area (Å²) in [4.78, 5) is 26.3. The van der Waals surface area contributed by atoms with Crippen molar-refractivity contribution in [1.29, 1.82) is 0 Å². The van der Waals surface area contributed by atoms with Crippen LogP contribution in [0.3, 0.4) is 0 Å². The first-order valence-corrected chi connectivity index (χ1v) is 10.1. The quantitative estimate of drug-likeness (QED) is 0.766. The van der Waals surface area contributed by atoms with Gasteiger partial charge in [-0.15, -0.1) is 0 Å². The highest BCUT2D eigenvalue weighted by Gasteiger charge is 2.30. The van der Waals surface area contributed by atoms with Gasteiger partial charge in [-0.2, -0.15) is 0 Å². The Bertz CT molecular complexity index is 707. The number of nitrogens with zero attached hydrogens (tertiary/aromatic N) is 1. The molecule has 1 aliphatic heterocycles. The van der Waals surface area contributed by atoms with Gasteiger partial charge in [0.2, 0.25) is 11.8 Å². The van der Waals surface area contributed by atoms with Gasteiger partial charge in [-0.3, -0.25) is 9.59 Å². The molecule has 0 aliphatic carbocycles. The first kappa shape index (κ1) is 19.4. The van der Waals surface area contributed by atoms with E-state index >= 15 is 0 Å². The number of hydrogen-bond acceptors (Lipinski definition) is 5. The Kier molecular flexibility index (Phi) is 6.18. The molecule has 0 radical (unpaired) electrons. The summed E-state index contributed by atoms with van der Waals surface area (Å²) in [6.45, 7) is 3.66. The Morgan fingerprint density at radius 3 is 2.24 bits per heavy atom. The third-order valence-corrected chi connectivity index (χ3v) is 6.13. The Balaban J connectivity index is 1.92. The van der Waals surface area contributed by atoms with Gasteiger partial charge in [-0.05, 0) is 12.5 Å². The fraction of sp³-hybridized carbons (Fsp3) is 0.529. The second-order valence-corrected chi connectivity index (χ2v) is 8.74. The highest BCUT2D eigenvalue weighted by atomic mass is 32.2. The third-order valence-electron chi connectivity index (χ3n) is 4.52. The average Bonchev–Trinajstić information content (AvgIpc) is 2.60. The molecule has 3 atom stereocenters. The van der Waals surface area contributed by atoms with E-state index in [2.05, 4.69) is 5.32 Å². The second-order valence-electron chi connectivity index (χ2n) is 6.43. The van der Waals surface area contributed by atoms with Crippen LogP contribution >= 0.6 is 0 Å². The fourth-order valence-corrected chi connectivity index (χ4v) is 3.94. The number of rotatable bonds is 5. The molecule has 1 aromatic carbocycles. The van der Waals surface area contributed by atoms with Crippen molar-refractivity contribution in [3.63, 3.8) is 0 Å². The Hall–Kier alpha value is -1.93. The monoisotopic (exact) mass is 367 g/mol. The predicted molar refractivity (Wildman–Crippen MR) is 95.4 cm³/mol. The first-order chi connectivity index (χ1) is 11.7. The van der Waals surface area contributed by atoms with Crippen molar-refractivity contribution in [3.8, 4) is 0 Å². The standard InChI is InChI=1S/C17H25N3O4S/c1-12(15(18)14-6-4-3-5-7-14)16(21)19-13(2)17(22)20-8-10-25(23,24)11-9-20/h3-7,12-13,15H,8-11,18H2,1-2H3,(H,19,21). The van der Waals surface area contributed by atoms with Crippen LogP contribution in [0, 0.1) is 5.92 Å². The molecule has 25 heavy (non-hydrogen) atoms. The molecule has 0 saturated carbocycles. The number of carbonyl (C=O) groups is 2. The van der Waals surface area contributed by atoms with Gasteiger partial charge in [-0.1, -0.05) is 37.3 Å². The van der Waals surface area contributed by atoms with E-state index in [9.17, 15) is 18.0 Å². The summed E-state index contributed by atoms with van der Waals surface area (Å²) in [6, 6.07) is 8.11. The van der Waals surface area contributed by atoms with Crippen molar-refractivity contribution in [1.82, 2.24) is 10.2 Å². The SMILES string of the molecule is CC(NC(=O)C(C)C(N)c1ccccc1)C(=O)N1CCS(=O)(=O)CC1. The molecular weight excluding hydrogens is 342 g/mol. The zero-order valence-corrected chi connectivity index (χ0v) is 15.3. The van der Waals surface area contributed by atoms with E-state index in [0.717, 1.165) is 5.56 Å². The van der Waals surface area contributed by atoms with Gasteiger partial charge in [0.1, 0.15) is 6.04 Å². The van der Waals surface area contributed by atoms with Crippen molar-refractivity contribution in [2.45, 2.75) is 25.9 Å². The molecule has 1 saturated heterocycles. The van der Waals surface area contributed by atoms with E-state index < -0.39 is 27.8 Å². The largest absolute Gasteiger partial charge is 0.344 e. The van der Waals surface area contributed by atoms with Crippen molar-refractivity contribution >= 4 is 21.7 Å². The number of carbonyl (C=O) groups excluding carboxylic acids is 2. The van der Waals surface area contributed by atoms with Gasteiger partial charge in [-0.25, -0.2) is 8.42 Å². The summed E-state index contributed by atoms with van der Waals surface area (Å²) in [7, 11) is -3.05. The minimum absolute atomic E-state index is 0.0330. The summed E-state index contributed by atoms with van der Waals surface area (Å²) in [6.07, 6.45) is 0. The van der Waals surface area contributed by atoms with E-state index in [1.165, 1.54) is 4.90 Å². The Morgan fingerprint density at radius 1 is 1.12 bits per heavy atom. The lowest BCUT2D eigenvalue weighted by Gasteiger charge is -2.30. The molecular formula is C17H25N3O4S. The normalized spacial score (nSPS) is 20.4. The zero-order valence-electron chi connectivity index (χ0n) is 14.5. The Labute approximate surface area is 148 Å². The van der Waals surface area contributed by atoms with E-state index in [0.29, 0.717) is 0 Å². The number of nitrogens with one attached hydrogen (secondary N) is 1. The molecule has 1 heterocycles. The van der Waals surface area contributed by atoms with Gasteiger partial charge in [0.15, 0.2) is 9.84 Å². The number of sulfone groups is 1. The molecule has 3 N–H and O–H groups in total. The summed E-state index contributed by atoms with van der Waals surface area (Å²) in [5, 5.41) is 2.69. The van der Waals surface area contributed by atoms with Crippen LogP contribution in [0.1, 0.15) is 25.5 Å². The molecule has 1 aliphatic rings. The lowest BCUT2D eigenvalue weighted by Crippen LogP contribution is -2.52. The molecule has 1 fully saturated rings. The third kappa shape index (κ3) is 5.02. The minimum atomic E-state index is -3.05. The first-order valence-electron chi connectivity index (χ1n) is 8.31. The molecule has 8 heteroatoms. The molecule has 0 aromatic heterocycles. The summed E-state index contributed by atoms with van der Waals surface area (Å²) >= 11 is 0. The molecule has 2 rings (SSSR count). The summed E-state index contributed by atoms with van der Waals surface area (Å²) in [5.41, 5.74) is 6.99. The number of amides is 2. The van der Waals surface area contributed by atoms with Crippen LogP contribution in [0.4, 0.5) is 0 Å². The lowest BCUT2D eigenvalue weighted by molar-refractivity contribution is -0.136. The molecule has 0 bridgehead atoms. The smallest absolute Gasteiger partial charge is 0.244 e. The second kappa shape index (κ2) is 7.97. The van der Waals surface area contributed by atoms with Crippen LogP contribution in [-0.4, -0.2) is 55.8 Å². The van der Waals surface area contributed by atoms with Crippen molar-refractivity contribution in [2.24, 2.45) is 11.7 Å². The van der Waals surface area contributed by atoms with Gasteiger partial charge in [0.25, 0.3) is 0 Å². The maximum atomic E-state index is 12.4. The maximum absolute atomic E-state index is 12.4. The van der Waals surface area contributed by atoms with Crippen LogP contribution in [0.5, 0.6) is 0 Å². The topological polar surface area (TPSA) is 110 Å². The maximum Gasteiger partial charge on any atom is 0.244 e. The van der Waals surface area contributed by atoms with Gasteiger partial charge >= 0.3 is 0 Å². The number of hydrogen-bond donors (Lipinski definition) is 2. The molecule has 1 aromatic rings. The van der Waals surface area contributed by atoms with Crippen LogP contribution in [0.15, 0.2) is 30.3 Å². The minimum Gasteiger partial charge on any atom is -0.344 e. The fourth-order valence-electron chi connectivity index (χ4n) is 2.74. The van der Waals surface area contributed by atoms with E-state index in [1.54, 1.807) is 13.8 Å².